The molecule has 0 bridgehead atoms. The monoisotopic (exact) mass is 432 g/mol. The van der Waals surface area contributed by atoms with Crippen molar-refractivity contribution in [3.63, 3.8) is 0 Å². The zero-order valence-corrected chi connectivity index (χ0v) is 16.2. The molecular formula is C15H25IN6O. The molecule has 23 heavy (non-hydrogen) atoms. The molecule has 0 aliphatic rings. The van der Waals surface area contributed by atoms with Crippen molar-refractivity contribution in [2.45, 2.75) is 39.8 Å². The summed E-state index contributed by atoms with van der Waals surface area (Å²) >= 11 is 0. The lowest BCUT2D eigenvalue weighted by Crippen LogP contribution is -2.38. The van der Waals surface area contributed by atoms with Gasteiger partial charge in [0.2, 0.25) is 0 Å². The van der Waals surface area contributed by atoms with Crippen LogP contribution in [0, 0.1) is 0 Å². The van der Waals surface area contributed by atoms with Gasteiger partial charge in [-0.05, 0) is 18.9 Å². The molecule has 2 aromatic rings. The first-order chi connectivity index (χ1) is 10.7. The molecule has 128 valence electrons. The first kappa shape index (κ1) is 19.5. The smallest absolute Gasteiger partial charge is 0.191 e. The first-order valence-corrected chi connectivity index (χ1v) is 7.64. The van der Waals surface area contributed by atoms with Crippen molar-refractivity contribution in [2.24, 2.45) is 4.99 Å². The fourth-order valence-electron chi connectivity index (χ4n) is 1.90. The van der Waals surface area contributed by atoms with Gasteiger partial charge in [0.05, 0.1) is 12.2 Å². The largest absolute Gasteiger partial charge is 0.359 e. The first-order valence-electron chi connectivity index (χ1n) is 7.64. The summed E-state index contributed by atoms with van der Waals surface area (Å²) in [5.74, 6) is 1.90. The zero-order chi connectivity index (χ0) is 15.8. The number of rotatable bonds is 7. The summed E-state index contributed by atoms with van der Waals surface area (Å²) < 4.78 is 7.17. The minimum atomic E-state index is 0. The van der Waals surface area contributed by atoms with E-state index < -0.39 is 0 Å². The molecule has 2 heterocycles. The van der Waals surface area contributed by atoms with Gasteiger partial charge >= 0.3 is 0 Å². The predicted molar refractivity (Wildman–Crippen MR) is 101 cm³/mol. The number of hydrogen-bond acceptors (Lipinski definition) is 4. The van der Waals surface area contributed by atoms with Gasteiger partial charge in [0.1, 0.15) is 6.54 Å². The van der Waals surface area contributed by atoms with Gasteiger partial charge in [0, 0.05) is 31.5 Å². The highest BCUT2D eigenvalue weighted by atomic mass is 127. The number of nitrogens with zero attached hydrogens (tertiary/aromatic N) is 4. The van der Waals surface area contributed by atoms with Crippen LogP contribution in [-0.2, 0) is 13.1 Å². The van der Waals surface area contributed by atoms with Crippen molar-refractivity contribution in [1.29, 1.82) is 0 Å². The van der Waals surface area contributed by atoms with Crippen molar-refractivity contribution in [1.82, 2.24) is 25.6 Å². The summed E-state index contributed by atoms with van der Waals surface area (Å²) in [6.07, 6.45) is 3.71. The van der Waals surface area contributed by atoms with E-state index in [1.54, 1.807) is 6.20 Å². The second-order valence-electron chi connectivity index (χ2n) is 5.26. The van der Waals surface area contributed by atoms with Crippen molar-refractivity contribution in [3.05, 3.63) is 36.0 Å². The van der Waals surface area contributed by atoms with E-state index >= 15 is 0 Å². The lowest BCUT2D eigenvalue weighted by molar-refractivity contribution is 0.376. The highest BCUT2D eigenvalue weighted by molar-refractivity contribution is 14.0. The van der Waals surface area contributed by atoms with Crippen LogP contribution < -0.4 is 10.6 Å². The van der Waals surface area contributed by atoms with Crippen LogP contribution in [0.15, 0.2) is 34.0 Å². The van der Waals surface area contributed by atoms with Crippen molar-refractivity contribution in [3.8, 4) is 0 Å². The van der Waals surface area contributed by atoms with Crippen LogP contribution >= 0.6 is 24.0 Å². The maximum Gasteiger partial charge on any atom is 0.191 e. The van der Waals surface area contributed by atoms with Gasteiger partial charge in [-0.2, -0.15) is 5.10 Å². The number of aromatic nitrogens is 3. The Morgan fingerprint density at radius 2 is 2.22 bits per heavy atom. The lowest BCUT2D eigenvalue weighted by atomic mass is 10.1. The van der Waals surface area contributed by atoms with E-state index in [0.29, 0.717) is 12.5 Å². The second kappa shape index (κ2) is 10.2. The summed E-state index contributed by atoms with van der Waals surface area (Å²) in [6, 6.07) is 3.87. The van der Waals surface area contributed by atoms with Crippen LogP contribution in [0.4, 0.5) is 0 Å². The molecule has 0 saturated carbocycles. The van der Waals surface area contributed by atoms with Crippen molar-refractivity contribution < 1.29 is 4.52 Å². The van der Waals surface area contributed by atoms with Crippen LogP contribution in [0.25, 0.3) is 0 Å². The Labute approximate surface area is 153 Å². The summed E-state index contributed by atoms with van der Waals surface area (Å²) in [5.41, 5.74) is 0.960. The van der Waals surface area contributed by atoms with E-state index in [4.69, 9.17) is 4.52 Å². The second-order valence-corrected chi connectivity index (χ2v) is 5.26. The van der Waals surface area contributed by atoms with Gasteiger partial charge in [-0.3, -0.25) is 4.68 Å². The van der Waals surface area contributed by atoms with E-state index in [-0.39, 0.29) is 24.0 Å². The molecule has 0 aliphatic carbocycles. The summed E-state index contributed by atoms with van der Waals surface area (Å²) in [4.78, 5) is 4.51. The molecule has 0 unspecified atom stereocenters. The number of hydrogen-bond donors (Lipinski definition) is 2. The number of halogens is 1. The quantitative estimate of drug-likeness (QED) is 0.399. The summed E-state index contributed by atoms with van der Waals surface area (Å²) in [6.45, 7) is 9.03. The molecule has 0 aliphatic heterocycles. The average molecular weight is 432 g/mol. The maximum atomic E-state index is 5.29. The molecule has 0 radical (unpaired) electrons. The van der Waals surface area contributed by atoms with Gasteiger partial charge in [-0.25, -0.2) is 4.99 Å². The Hall–Kier alpha value is -1.58. The third-order valence-electron chi connectivity index (χ3n) is 3.10. The third-order valence-corrected chi connectivity index (χ3v) is 3.10. The number of aliphatic imine (C=N–C) groups is 1. The highest BCUT2D eigenvalue weighted by Crippen LogP contribution is 2.14. The SMILES string of the molecule is CCNC(=NCc1cc(C(C)C)no1)NCCn1cccn1.I. The molecule has 7 nitrogen and oxygen atoms in total. The van der Waals surface area contributed by atoms with Crippen molar-refractivity contribution >= 4 is 29.9 Å². The van der Waals surface area contributed by atoms with E-state index in [9.17, 15) is 0 Å². The summed E-state index contributed by atoms with van der Waals surface area (Å²) in [5, 5.41) is 14.7. The van der Waals surface area contributed by atoms with Crippen LogP contribution in [0.2, 0.25) is 0 Å². The zero-order valence-electron chi connectivity index (χ0n) is 13.8. The minimum absolute atomic E-state index is 0. The molecule has 0 amide bonds. The van der Waals surface area contributed by atoms with Gasteiger partial charge in [-0.1, -0.05) is 19.0 Å². The van der Waals surface area contributed by atoms with Crippen LogP contribution in [-0.4, -0.2) is 34.0 Å². The fourth-order valence-corrected chi connectivity index (χ4v) is 1.90. The van der Waals surface area contributed by atoms with Gasteiger partial charge in [0.25, 0.3) is 0 Å². The maximum absolute atomic E-state index is 5.29. The van der Waals surface area contributed by atoms with Crippen LogP contribution in [0.1, 0.15) is 38.1 Å². The molecule has 2 aromatic heterocycles. The number of guanidine groups is 1. The minimum Gasteiger partial charge on any atom is -0.359 e. The van der Waals surface area contributed by atoms with Gasteiger partial charge < -0.3 is 15.2 Å². The van der Waals surface area contributed by atoms with E-state index in [0.717, 1.165) is 37.0 Å². The van der Waals surface area contributed by atoms with Gasteiger partial charge in [-0.15, -0.1) is 24.0 Å². The molecule has 2 rings (SSSR count). The molecule has 0 spiro atoms. The topological polar surface area (TPSA) is 80.3 Å². The molecule has 2 N–H and O–H groups in total. The Balaban J connectivity index is 0.00000264. The summed E-state index contributed by atoms with van der Waals surface area (Å²) in [7, 11) is 0. The highest BCUT2D eigenvalue weighted by Gasteiger charge is 2.07. The Morgan fingerprint density at radius 1 is 1.39 bits per heavy atom. The standard InChI is InChI=1S/C15H24N6O.HI/c1-4-16-15(17-7-9-21-8-5-6-19-21)18-11-13-10-14(12(2)3)20-22-13;/h5-6,8,10,12H,4,7,9,11H2,1-3H3,(H2,16,17,18);1H. The molecule has 0 aromatic carbocycles. The molecule has 0 saturated heterocycles. The Bertz CT molecular complexity index is 579. The fraction of sp³-hybridized carbons (Fsp3) is 0.533. The molecule has 0 atom stereocenters. The van der Waals surface area contributed by atoms with Gasteiger partial charge in [0.15, 0.2) is 11.7 Å². The lowest BCUT2D eigenvalue weighted by Gasteiger charge is -2.10. The molecule has 0 fully saturated rings. The molecular weight excluding hydrogens is 407 g/mol. The Morgan fingerprint density at radius 3 is 2.83 bits per heavy atom. The van der Waals surface area contributed by atoms with Crippen molar-refractivity contribution in [2.75, 3.05) is 13.1 Å². The third kappa shape index (κ3) is 6.59. The number of nitrogens with one attached hydrogen (secondary N) is 2. The van der Waals surface area contributed by atoms with E-state index in [1.165, 1.54) is 0 Å². The van der Waals surface area contributed by atoms with E-state index in [1.807, 2.05) is 29.9 Å². The van der Waals surface area contributed by atoms with Crippen LogP contribution in [0.5, 0.6) is 0 Å². The Kier molecular flexibility index (Phi) is 8.67. The molecule has 8 heteroatoms. The normalized spacial score (nSPS) is 11.4. The predicted octanol–water partition coefficient (Wildman–Crippen LogP) is 2.37. The average Bonchev–Trinajstić information content (AvgIpc) is 3.16. The van der Waals surface area contributed by atoms with E-state index in [2.05, 4.69) is 39.7 Å². The van der Waals surface area contributed by atoms with Crippen LogP contribution in [0.3, 0.4) is 0 Å².